The van der Waals surface area contributed by atoms with Crippen molar-refractivity contribution in [2.75, 3.05) is 24.2 Å². The maximum Gasteiger partial charge on any atom is 0.251 e. The molecule has 1 amide bonds. The number of carbonyl (C=O) groups is 1. The minimum atomic E-state index is -3.65. The van der Waals surface area contributed by atoms with Gasteiger partial charge in [-0.1, -0.05) is 24.4 Å². The predicted octanol–water partition coefficient (Wildman–Crippen LogP) is 3.27. The van der Waals surface area contributed by atoms with E-state index in [1.807, 2.05) is 0 Å². The highest BCUT2D eigenvalue weighted by Gasteiger charge is 2.26. The van der Waals surface area contributed by atoms with Crippen LogP contribution in [0.3, 0.4) is 0 Å². The number of benzene rings is 1. The molecule has 156 valence electrons. The van der Waals surface area contributed by atoms with Crippen LogP contribution in [0.5, 0.6) is 0 Å². The summed E-state index contributed by atoms with van der Waals surface area (Å²) < 4.78 is 28.1. The van der Waals surface area contributed by atoms with Crippen molar-refractivity contribution in [3.05, 3.63) is 52.8 Å². The third-order valence-electron chi connectivity index (χ3n) is 4.55. The van der Waals surface area contributed by atoms with Crippen molar-refractivity contribution < 1.29 is 17.9 Å². The normalized spacial score (nSPS) is 15.6. The van der Waals surface area contributed by atoms with E-state index in [-0.39, 0.29) is 27.3 Å². The number of halogens is 1. The molecule has 7 nitrogen and oxygen atoms in total. The molecule has 1 saturated heterocycles. The zero-order valence-corrected chi connectivity index (χ0v) is 18.1. The molecule has 1 N–H and O–H groups in total. The standard InChI is InChI=1S/C19H22ClN3O4S2/c20-16-9-8-15(29(26,27)22-10-4-1-2-5-11-22)13-17(16)21-18(24)14-28-19-7-3-6-12-23(19)25/h3,6-9,12-13H,1-2,4-5,10-11,14H2,(H,21,24). The number of pyridine rings is 1. The van der Waals surface area contributed by atoms with Crippen molar-refractivity contribution >= 4 is 45.0 Å². The number of aromatic nitrogens is 1. The van der Waals surface area contributed by atoms with Gasteiger partial charge in [-0.2, -0.15) is 9.04 Å². The van der Waals surface area contributed by atoms with E-state index in [4.69, 9.17) is 11.6 Å². The molecule has 0 saturated carbocycles. The first kappa shape index (κ1) is 21.9. The fourth-order valence-corrected chi connectivity index (χ4v) is 5.46. The molecule has 0 radical (unpaired) electrons. The predicted molar refractivity (Wildman–Crippen MR) is 113 cm³/mol. The molecule has 0 bridgehead atoms. The molecule has 1 aromatic heterocycles. The van der Waals surface area contributed by atoms with Gasteiger partial charge in [-0.25, -0.2) is 8.42 Å². The average Bonchev–Trinajstić information content (AvgIpc) is 2.99. The fraction of sp³-hybridized carbons (Fsp3) is 0.368. The Kier molecular flexibility index (Phi) is 7.39. The molecule has 1 aliphatic rings. The summed E-state index contributed by atoms with van der Waals surface area (Å²) in [6.07, 6.45) is 5.08. The van der Waals surface area contributed by atoms with Crippen LogP contribution in [-0.4, -0.2) is 37.5 Å². The van der Waals surface area contributed by atoms with Crippen molar-refractivity contribution in [2.24, 2.45) is 0 Å². The Morgan fingerprint density at radius 2 is 1.90 bits per heavy atom. The first-order chi connectivity index (χ1) is 13.9. The number of nitrogens with one attached hydrogen (secondary N) is 1. The maximum atomic E-state index is 13.0. The van der Waals surface area contributed by atoms with Gasteiger partial charge in [0.25, 0.3) is 5.03 Å². The molecule has 1 aliphatic heterocycles. The van der Waals surface area contributed by atoms with Gasteiger partial charge in [0.1, 0.15) is 0 Å². The molecule has 1 aromatic carbocycles. The molecule has 3 rings (SSSR count). The quantitative estimate of drug-likeness (QED) is 0.410. The highest BCUT2D eigenvalue weighted by molar-refractivity contribution is 7.99. The van der Waals surface area contributed by atoms with Gasteiger partial charge in [0.2, 0.25) is 15.9 Å². The van der Waals surface area contributed by atoms with Crippen LogP contribution in [0, 0.1) is 5.21 Å². The number of carbonyl (C=O) groups excluding carboxylic acids is 1. The maximum absolute atomic E-state index is 13.0. The van der Waals surface area contributed by atoms with Gasteiger partial charge in [-0.15, -0.1) is 0 Å². The first-order valence-corrected chi connectivity index (χ1v) is 12.1. The fourth-order valence-electron chi connectivity index (χ4n) is 3.04. The number of hydrogen-bond donors (Lipinski definition) is 1. The Morgan fingerprint density at radius 3 is 2.59 bits per heavy atom. The zero-order valence-electron chi connectivity index (χ0n) is 15.7. The summed E-state index contributed by atoms with van der Waals surface area (Å²) in [5, 5.41) is 14.9. The highest BCUT2D eigenvalue weighted by atomic mass is 35.5. The van der Waals surface area contributed by atoms with E-state index in [1.165, 1.54) is 28.7 Å². The van der Waals surface area contributed by atoms with Crippen LogP contribution in [-0.2, 0) is 14.8 Å². The number of amides is 1. The van der Waals surface area contributed by atoms with E-state index in [2.05, 4.69) is 5.32 Å². The van der Waals surface area contributed by atoms with Crippen molar-refractivity contribution in [1.82, 2.24) is 4.31 Å². The van der Waals surface area contributed by atoms with Crippen LogP contribution in [0.1, 0.15) is 25.7 Å². The zero-order chi connectivity index (χ0) is 20.9. The summed E-state index contributed by atoms with van der Waals surface area (Å²) in [4.78, 5) is 12.4. The number of anilines is 1. The second-order valence-electron chi connectivity index (χ2n) is 6.66. The summed E-state index contributed by atoms with van der Waals surface area (Å²) in [7, 11) is -3.65. The van der Waals surface area contributed by atoms with E-state index in [0.717, 1.165) is 37.4 Å². The summed E-state index contributed by atoms with van der Waals surface area (Å²) in [5.74, 6) is -0.392. The third-order valence-corrected chi connectivity index (χ3v) is 7.80. The van der Waals surface area contributed by atoms with E-state index < -0.39 is 10.0 Å². The smallest absolute Gasteiger partial charge is 0.251 e. The van der Waals surface area contributed by atoms with Crippen LogP contribution >= 0.6 is 23.4 Å². The van der Waals surface area contributed by atoms with Gasteiger partial charge < -0.3 is 10.5 Å². The molecule has 0 spiro atoms. The van der Waals surface area contributed by atoms with Crippen molar-refractivity contribution in [3.63, 3.8) is 0 Å². The van der Waals surface area contributed by atoms with Gasteiger partial charge in [-0.3, -0.25) is 4.79 Å². The Labute approximate surface area is 179 Å². The molecule has 2 aromatic rings. The van der Waals surface area contributed by atoms with Crippen molar-refractivity contribution in [3.8, 4) is 0 Å². The molecular formula is C19H22ClN3O4S2. The van der Waals surface area contributed by atoms with Gasteiger partial charge >= 0.3 is 0 Å². The van der Waals surface area contributed by atoms with Gasteiger partial charge in [-0.05, 0) is 48.9 Å². The van der Waals surface area contributed by atoms with Gasteiger partial charge in [0.15, 0.2) is 6.20 Å². The lowest BCUT2D eigenvalue weighted by Crippen LogP contribution is -2.32. The van der Waals surface area contributed by atoms with Crippen molar-refractivity contribution in [1.29, 1.82) is 0 Å². The van der Waals surface area contributed by atoms with E-state index in [1.54, 1.807) is 18.2 Å². The van der Waals surface area contributed by atoms with Crippen LogP contribution in [0.2, 0.25) is 5.02 Å². The van der Waals surface area contributed by atoms with Crippen molar-refractivity contribution in [2.45, 2.75) is 35.6 Å². The lowest BCUT2D eigenvalue weighted by atomic mass is 10.2. The minimum absolute atomic E-state index is 0.00825. The minimum Gasteiger partial charge on any atom is -0.618 e. The van der Waals surface area contributed by atoms with Crippen LogP contribution in [0.4, 0.5) is 5.69 Å². The second kappa shape index (κ2) is 9.80. The molecule has 0 aliphatic carbocycles. The Balaban J connectivity index is 1.71. The lowest BCUT2D eigenvalue weighted by Gasteiger charge is -2.20. The highest BCUT2D eigenvalue weighted by Crippen LogP contribution is 2.28. The SMILES string of the molecule is O=C(CSc1cccc[n+]1[O-])Nc1cc(S(=O)(=O)N2CCCCCC2)ccc1Cl. The van der Waals surface area contributed by atoms with Gasteiger partial charge in [0.05, 0.1) is 21.4 Å². The second-order valence-corrected chi connectivity index (χ2v) is 10.0. The molecule has 0 atom stereocenters. The summed E-state index contributed by atoms with van der Waals surface area (Å²) >= 11 is 7.24. The molecule has 29 heavy (non-hydrogen) atoms. The van der Waals surface area contributed by atoms with E-state index >= 15 is 0 Å². The molecular weight excluding hydrogens is 434 g/mol. The number of rotatable bonds is 6. The number of sulfonamides is 1. The molecule has 0 unspecified atom stereocenters. The Hall–Kier alpha value is -1.81. The number of nitrogens with zero attached hydrogens (tertiary/aromatic N) is 2. The Bertz CT molecular complexity index is 977. The monoisotopic (exact) mass is 455 g/mol. The summed E-state index contributed by atoms with van der Waals surface area (Å²) in [6.45, 7) is 0.991. The van der Waals surface area contributed by atoms with E-state index in [9.17, 15) is 18.4 Å². The largest absolute Gasteiger partial charge is 0.618 e. The molecule has 2 heterocycles. The van der Waals surface area contributed by atoms with Crippen LogP contribution in [0.25, 0.3) is 0 Å². The first-order valence-electron chi connectivity index (χ1n) is 9.28. The van der Waals surface area contributed by atoms with E-state index in [0.29, 0.717) is 22.8 Å². The summed E-state index contributed by atoms with van der Waals surface area (Å²) in [6, 6.07) is 9.25. The summed E-state index contributed by atoms with van der Waals surface area (Å²) in [5.41, 5.74) is 0.233. The van der Waals surface area contributed by atoms with Gasteiger partial charge in [0, 0.05) is 25.2 Å². The Morgan fingerprint density at radius 1 is 1.17 bits per heavy atom. The average molecular weight is 456 g/mol. The number of hydrogen-bond acceptors (Lipinski definition) is 5. The molecule has 10 heteroatoms. The topological polar surface area (TPSA) is 93.4 Å². The van der Waals surface area contributed by atoms with Crippen LogP contribution < -0.4 is 10.0 Å². The molecule has 1 fully saturated rings. The third kappa shape index (κ3) is 5.63. The van der Waals surface area contributed by atoms with Crippen LogP contribution in [0.15, 0.2) is 52.5 Å². The lowest BCUT2D eigenvalue weighted by molar-refractivity contribution is -0.645. The number of thioether (sulfide) groups is 1.